The summed E-state index contributed by atoms with van der Waals surface area (Å²) in [6.07, 6.45) is 6.40. The first-order valence-corrected chi connectivity index (χ1v) is 12.1. The fraction of sp³-hybridized carbons (Fsp3) is 0.500. The number of esters is 1. The number of sulfone groups is 1. The predicted molar refractivity (Wildman–Crippen MR) is 123 cm³/mol. The van der Waals surface area contributed by atoms with E-state index in [0.29, 0.717) is 12.7 Å². The van der Waals surface area contributed by atoms with Gasteiger partial charge in [-0.05, 0) is 82.5 Å². The van der Waals surface area contributed by atoms with Crippen LogP contribution in [-0.2, 0) is 24.2 Å². The van der Waals surface area contributed by atoms with Crippen LogP contribution in [-0.4, -0.2) is 45.8 Å². The summed E-state index contributed by atoms with van der Waals surface area (Å²) in [5, 5.41) is 0. The number of ether oxygens (including phenoxy) is 1. The molecule has 0 aliphatic rings. The highest BCUT2D eigenvalue weighted by molar-refractivity contribution is 7.96. The molecule has 0 N–H and O–H groups in total. The molecule has 172 valence electrons. The zero-order chi connectivity index (χ0) is 23.7. The van der Waals surface area contributed by atoms with Crippen molar-refractivity contribution in [2.45, 2.75) is 58.3 Å². The monoisotopic (exact) mass is 449 g/mol. The van der Waals surface area contributed by atoms with E-state index in [4.69, 9.17) is 4.74 Å². The van der Waals surface area contributed by atoms with Crippen LogP contribution in [0.3, 0.4) is 0 Å². The number of rotatable bonds is 12. The van der Waals surface area contributed by atoms with Gasteiger partial charge in [0.05, 0.1) is 17.4 Å². The molecule has 0 spiro atoms. The molecule has 0 aliphatic heterocycles. The minimum Gasteiger partial charge on any atom is -0.469 e. The first-order valence-electron chi connectivity index (χ1n) is 10.6. The summed E-state index contributed by atoms with van der Waals surface area (Å²) in [6, 6.07) is 6.54. The molecule has 1 rings (SSSR count). The lowest BCUT2D eigenvalue weighted by molar-refractivity contribution is -0.151. The van der Waals surface area contributed by atoms with Gasteiger partial charge in [0.1, 0.15) is 4.91 Å². The average Bonchev–Trinajstić information content (AvgIpc) is 2.77. The molecule has 0 heterocycles. The van der Waals surface area contributed by atoms with Crippen molar-refractivity contribution in [3.8, 4) is 0 Å². The van der Waals surface area contributed by atoms with Gasteiger partial charge in [-0.15, -0.1) is 0 Å². The van der Waals surface area contributed by atoms with Crippen molar-refractivity contribution in [3.05, 3.63) is 53.1 Å². The van der Waals surface area contributed by atoms with E-state index in [9.17, 15) is 18.0 Å². The van der Waals surface area contributed by atoms with Gasteiger partial charge >= 0.3 is 5.97 Å². The van der Waals surface area contributed by atoms with Crippen LogP contribution in [0.1, 0.15) is 58.9 Å². The van der Waals surface area contributed by atoms with Gasteiger partial charge in [0.25, 0.3) is 0 Å². The number of nitrogens with zero attached hydrogens (tertiary/aromatic N) is 1. The number of hydrogen-bond donors (Lipinski definition) is 0. The van der Waals surface area contributed by atoms with Crippen molar-refractivity contribution in [2.75, 3.05) is 20.2 Å². The highest BCUT2D eigenvalue weighted by atomic mass is 32.2. The van der Waals surface area contributed by atoms with Gasteiger partial charge in [-0.2, -0.15) is 0 Å². The van der Waals surface area contributed by atoms with E-state index in [1.807, 2.05) is 39.5 Å². The third-order valence-electron chi connectivity index (χ3n) is 5.45. The fourth-order valence-corrected chi connectivity index (χ4v) is 4.57. The summed E-state index contributed by atoms with van der Waals surface area (Å²) in [6.45, 7) is 11.3. The molecular formula is C24H35NO5S. The Hall–Kier alpha value is -2.41. The predicted octanol–water partition coefficient (Wildman–Crippen LogP) is 4.48. The first-order chi connectivity index (χ1) is 14.6. The Morgan fingerprint density at radius 1 is 1.13 bits per heavy atom. The van der Waals surface area contributed by atoms with E-state index >= 15 is 0 Å². The molecule has 7 heteroatoms. The smallest absolute Gasteiger partial charge is 0.311 e. The van der Waals surface area contributed by atoms with Crippen molar-refractivity contribution in [3.63, 3.8) is 0 Å². The quantitative estimate of drug-likeness (QED) is 0.203. The Morgan fingerprint density at radius 2 is 1.71 bits per heavy atom. The molecular weight excluding hydrogens is 414 g/mol. The lowest BCUT2D eigenvalue weighted by Crippen LogP contribution is -2.27. The zero-order valence-electron chi connectivity index (χ0n) is 19.4. The van der Waals surface area contributed by atoms with Gasteiger partial charge in [-0.1, -0.05) is 19.1 Å². The maximum Gasteiger partial charge on any atom is 0.311 e. The number of hydrogen-bond acceptors (Lipinski definition) is 6. The van der Waals surface area contributed by atoms with Crippen LogP contribution in [0, 0.1) is 5.41 Å². The van der Waals surface area contributed by atoms with Gasteiger partial charge in [0, 0.05) is 13.1 Å². The van der Waals surface area contributed by atoms with Crippen LogP contribution in [0.2, 0.25) is 0 Å². The molecule has 0 bridgehead atoms. The minimum absolute atomic E-state index is 0.0629. The van der Waals surface area contributed by atoms with E-state index in [1.165, 1.54) is 25.3 Å². The highest BCUT2D eigenvalue weighted by Crippen LogP contribution is 2.35. The normalized spacial score (nSPS) is 13.8. The molecule has 1 aromatic rings. The molecule has 0 fully saturated rings. The fourth-order valence-electron chi connectivity index (χ4n) is 3.41. The Labute approximate surface area is 186 Å². The Bertz CT molecular complexity index is 894. The molecule has 1 unspecified atom stereocenters. The third-order valence-corrected chi connectivity index (χ3v) is 7.19. The summed E-state index contributed by atoms with van der Waals surface area (Å²) in [4.78, 5) is 25.3. The summed E-state index contributed by atoms with van der Waals surface area (Å²) >= 11 is 0. The Morgan fingerprint density at radius 3 is 2.16 bits per heavy atom. The second kappa shape index (κ2) is 11.8. The average molecular weight is 450 g/mol. The lowest BCUT2D eigenvalue weighted by Gasteiger charge is -2.27. The number of allylic oxidation sites excluding steroid dienone is 3. The van der Waals surface area contributed by atoms with Crippen molar-refractivity contribution >= 4 is 22.1 Å². The molecule has 0 saturated carbocycles. The van der Waals surface area contributed by atoms with Gasteiger partial charge in [0.15, 0.2) is 6.29 Å². The summed E-state index contributed by atoms with van der Waals surface area (Å²) in [5.41, 5.74) is 0.293. The highest BCUT2D eigenvalue weighted by Gasteiger charge is 2.32. The topological polar surface area (TPSA) is 80.8 Å². The number of carbonyl (C=O) groups excluding carboxylic acids is 2. The van der Waals surface area contributed by atoms with Crippen molar-refractivity contribution in [1.82, 2.24) is 4.90 Å². The second-order valence-corrected chi connectivity index (χ2v) is 9.96. The second-order valence-electron chi connectivity index (χ2n) is 8.01. The summed E-state index contributed by atoms with van der Waals surface area (Å²) in [7, 11) is -2.54. The molecule has 0 amide bonds. The largest absolute Gasteiger partial charge is 0.469 e. The maximum absolute atomic E-state index is 12.9. The van der Waals surface area contributed by atoms with E-state index in [-0.39, 0.29) is 21.7 Å². The molecule has 0 aromatic heterocycles. The van der Waals surface area contributed by atoms with Crippen molar-refractivity contribution in [1.29, 1.82) is 0 Å². The standard InChI is InChI=1S/C24H35NO5S/c1-7-19(17-24(4,5)23(27)30-6)20-12-14-21(15-13-20)31(28,29)22(18-26)11-10-16-25(8-2)9-3/h10-16,18-19H,7-9,17H2,1-6H3/b16-10+,22-11+. The van der Waals surface area contributed by atoms with Crippen LogP contribution in [0.25, 0.3) is 0 Å². The Kier molecular flexibility index (Phi) is 10.2. The van der Waals surface area contributed by atoms with Gasteiger partial charge in [-0.25, -0.2) is 8.42 Å². The molecule has 0 radical (unpaired) electrons. The Balaban J connectivity index is 3.14. The van der Waals surface area contributed by atoms with Crippen molar-refractivity contribution in [2.24, 2.45) is 5.41 Å². The number of benzene rings is 1. The number of methoxy groups -OCH3 is 1. The minimum atomic E-state index is -3.92. The van der Waals surface area contributed by atoms with Crippen LogP contribution >= 0.6 is 0 Å². The van der Waals surface area contributed by atoms with Crippen LogP contribution in [0.15, 0.2) is 52.4 Å². The SMILES string of the molecule is CCC(CC(C)(C)C(=O)OC)c1ccc(S(=O)(=O)/C(C=O)=C/C=C/N(CC)CC)cc1. The molecule has 1 aromatic carbocycles. The lowest BCUT2D eigenvalue weighted by atomic mass is 9.79. The third kappa shape index (κ3) is 7.06. The summed E-state index contributed by atoms with van der Waals surface area (Å²) in [5.74, 6) is -0.201. The van der Waals surface area contributed by atoms with Crippen LogP contribution < -0.4 is 0 Å². The van der Waals surface area contributed by atoms with E-state index in [1.54, 1.807) is 24.4 Å². The molecule has 1 atom stereocenters. The van der Waals surface area contributed by atoms with Gasteiger partial charge in [-0.3, -0.25) is 9.59 Å². The van der Waals surface area contributed by atoms with Crippen LogP contribution in [0.4, 0.5) is 0 Å². The number of carbonyl (C=O) groups is 2. The van der Waals surface area contributed by atoms with Gasteiger partial charge < -0.3 is 9.64 Å². The van der Waals surface area contributed by atoms with E-state index in [0.717, 1.165) is 25.1 Å². The molecule has 0 aliphatic carbocycles. The number of aldehydes is 1. The van der Waals surface area contributed by atoms with E-state index in [2.05, 4.69) is 0 Å². The molecule has 6 nitrogen and oxygen atoms in total. The first kappa shape index (κ1) is 26.6. The molecule has 31 heavy (non-hydrogen) atoms. The summed E-state index contributed by atoms with van der Waals surface area (Å²) < 4.78 is 30.6. The van der Waals surface area contributed by atoms with Gasteiger partial charge in [0.2, 0.25) is 9.84 Å². The van der Waals surface area contributed by atoms with Crippen LogP contribution in [0.5, 0.6) is 0 Å². The zero-order valence-corrected chi connectivity index (χ0v) is 20.2. The van der Waals surface area contributed by atoms with E-state index < -0.39 is 15.3 Å². The molecule has 0 saturated heterocycles. The maximum atomic E-state index is 12.9. The van der Waals surface area contributed by atoms with Crippen molar-refractivity contribution < 1.29 is 22.7 Å².